The minimum Gasteiger partial charge on any atom is -0.346 e. The molecule has 2 aromatic heterocycles. The van der Waals surface area contributed by atoms with Gasteiger partial charge in [0.15, 0.2) is 0 Å². The number of pyridine rings is 1. The quantitative estimate of drug-likeness (QED) is 0.778. The van der Waals surface area contributed by atoms with Crippen molar-refractivity contribution in [3.05, 3.63) is 65.6 Å². The van der Waals surface area contributed by atoms with Crippen molar-refractivity contribution in [2.45, 2.75) is 20.0 Å². The average molecular weight is 251 g/mol. The second-order valence-electron chi connectivity index (χ2n) is 4.77. The number of hydrogen-bond acceptors (Lipinski definition) is 2. The van der Waals surface area contributed by atoms with Gasteiger partial charge in [-0.05, 0) is 36.8 Å². The second-order valence-corrected chi connectivity index (χ2v) is 4.77. The monoisotopic (exact) mass is 251 g/mol. The van der Waals surface area contributed by atoms with E-state index in [1.807, 2.05) is 19.1 Å². The molecule has 0 bridgehead atoms. The summed E-state index contributed by atoms with van der Waals surface area (Å²) < 4.78 is 2.20. The first-order valence-electron chi connectivity index (χ1n) is 6.47. The van der Waals surface area contributed by atoms with Crippen LogP contribution < -0.4 is 5.73 Å². The summed E-state index contributed by atoms with van der Waals surface area (Å²) in [5.41, 5.74) is 10.3. The van der Waals surface area contributed by atoms with Crippen LogP contribution in [0.25, 0.3) is 10.9 Å². The Kier molecular flexibility index (Phi) is 3.05. The third-order valence-corrected chi connectivity index (χ3v) is 3.40. The molecule has 3 aromatic rings. The molecule has 3 nitrogen and oxygen atoms in total. The van der Waals surface area contributed by atoms with Crippen molar-refractivity contribution < 1.29 is 0 Å². The minimum absolute atomic E-state index is 0.564. The zero-order chi connectivity index (χ0) is 13.2. The van der Waals surface area contributed by atoms with Gasteiger partial charge in [-0.3, -0.25) is 4.98 Å². The van der Waals surface area contributed by atoms with Crippen molar-refractivity contribution in [2.75, 3.05) is 0 Å². The fraction of sp³-hybridized carbons (Fsp3) is 0.188. The van der Waals surface area contributed by atoms with Crippen LogP contribution in [0.3, 0.4) is 0 Å². The van der Waals surface area contributed by atoms with Gasteiger partial charge in [0.2, 0.25) is 0 Å². The van der Waals surface area contributed by atoms with E-state index in [1.54, 1.807) is 0 Å². The Balaban J connectivity index is 2.10. The Hall–Kier alpha value is -2.13. The van der Waals surface area contributed by atoms with Crippen LogP contribution in [0.1, 0.15) is 17.0 Å². The van der Waals surface area contributed by atoms with Gasteiger partial charge in [0.1, 0.15) is 0 Å². The van der Waals surface area contributed by atoms with Gasteiger partial charge in [0.05, 0.1) is 5.52 Å². The summed E-state index contributed by atoms with van der Waals surface area (Å²) in [6.45, 7) is 3.44. The first kappa shape index (κ1) is 11.9. The molecule has 0 aliphatic rings. The molecule has 2 heterocycles. The topological polar surface area (TPSA) is 43.8 Å². The molecule has 0 radical (unpaired) electrons. The maximum Gasteiger partial charge on any atom is 0.0708 e. The van der Waals surface area contributed by atoms with Crippen LogP contribution in [0, 0.1) is 6.92 Å². The maximum absolute atomic E-state index is 5.76. The second kappa shape index (κ2) is 4.86. The molecule has 3 rings (SSSR count). The summed E-state index contributed by atoms with van der Waals surface area (Å²) in [6.07, 6.45) is 2.08. The van der Waals surface area contributed by atoms with Gasteiger partial charge in [-0.15, -0.1) is 0 Å². The van der Waals surface area contributed by atoms with E-state index in [0.29, 0.717) is 6.54 Å². The highest BCUT2D eigenvalue weighted by atomic mass is 15.0. The highest BCUT2D eigenvalue weighted by molar-refractivity contribution is 5.82. The highest BCUT2D eigenvalue weighted by Gasteiger charge is 2.06. The van der Waals surface area contributed by atoms with Crippen molar-refractivity contribution in [2.24, 2.45) is 5.73 Å². The standard InChI is InChI=1S/C16H17N3/c1-12-9-13(11-19-8-4-5-14(19)10-17)15-6-2-3-7-16(15)18-12/h2-9H,10-11,17H2,1H3. The fourth-order valence-electron chi connectivity index (χ4n) is 2.50. The molecule has 96 valence electrons. The number of nitrogens with zero attached hydrogens (tertiary/aromatic N) is 2. The maximum atomic E-state index is 5.76. The predicted molar refractivity (Wildman–Crippen MR) is 77.9 cm³/mol. The number of fused-ring (bicyclic) bond motifs is 1. The molecule has 0 aliphatic heterocycles. The zero-order valence-corrected chi connectivity index (χ0v) is 11.0. The molecular weight excluding hydrogens is 234 g/mol. The Bertz CT molecular complexity index is 713. The van der Waals surface area contributed by atoms with Gasteiger partial charge in [0, 0.05) is 36.1 Å². The van der Waals surface area contributed by atoms with Crippen molar-refractivity contribution in [3.8, 4) is 0 Å². The van der Waals surface area contributed by atoms with Crippen molar-refractivity contribution >= 4 is 10.9 Å². The molecule has 0 saturated heterocycles. The largest absolute Gasteiger partial charge is 0.346 e. The summed E-state index contributed by atoms with van der Waals surface area (Å²) in [4.78, 5) is 4.57. The Morgan fingerprint density at radius 1 is 1.16 bits per heavy atom. The Labute approximate surface area is 112 Å². The number of hydrogen-bond donors (Lipinski definition) is 1. The number of nitrogens with two attached hydrogens (primary N) is 1. The van der Waals surface area contributed by atoms with Gasteiger partial charge in [0.25, 0.3) is 0 Å². The zero-order valence-electron chi connectivity index (χ0n) is 11.0. The molecule has 0 saturated carbocycles. The fourth-order valence-corrected chi connectivity index (χ4v) is 2.50. The third-order valence-electron chi connectivity index (χ3n) is 3.40. The number of para-hydroxylation sites is 1. The van der Waals surface area contributed by atoms with Gasteiger partial charge < -0.3 is 10.3 Å². The van der Waals surface area contributed by atoms with E-state index in [9.17, 15) is 0 Å². The van der Waals surface area contributed by atoms with E-state index >= 15 is 0 Å². The molecule has 2 N–H and O–H groups in total. The first-order valence-corrected chi connectivity index (χ1v) is 6.47. The van der Waals surface area contributed by atoms with Gasteiger partial charge in [-0.2, -0.15) is 0 Å². The van der Waals surface area contributed by atoms with Gasteiger partial charge in [-0.25, -0.2) is 0 Å². The molecule has 0 spiro atoms. The normalized spacial score (nSPS) is 11.1. The smallest absolute Gasteiger partial charge is 0.0708 e. The van der Waals surface area contributed by atoms with Crippen molar-refractivity contribution in [1.82, 2.24) is 9.55 Å². The van der Waals surface area contributed by atoms with E-state index < -0.39 is 0 Å². The van der Waals surface area contributed by atoms with Crippen molar-refractivity contribution in [3.63, 3.8) is 0 Å². The lowest BCUT2D eigenvalue weighted by Gasteiger charge is -2.11. The van der Waals surface area contributed by atoms with Crippen LogP contribution in [0.5, 0.6) is 0 Å². The molecular formula is C16H17N3. The molecule has 0 unspecified atom stereocenters. The average Bonchev–Trinajstić information content (AvgIpc) is 2.86. The van der Waals surface area contributed by atoms with Crippen LogP contribution in [0.15, 0.2) is 48.7 Å². The van der Waals surface area contributed by atoms with E-state index in [-0.39, 0.29) is 0 Å². The summed E-state index contributed by atoms with van der Waals surface area (Å²) in [5, 5.41) is 1.21. The van der Waals surface area contributed by atoms with Gasteiger partial charge >= 0.3 is 0 Å². The first-order chi connectivity index (χ1) is 9.28. The molecule has 0 atom stereocenters. The number of benzene rings is 1. The Morgan fingerprint density at radius 2 is 2.00 bits per heavy atom. The predicted octanol–water partition coefficient (Wildman–Crippen LogP) is 2.85. The highest BCUT2D eigenvalue weighted by Crippen LogP contribution is 2.20. The van der Waals surface area contributed by atoms with Crippen molar-refractivity contribution in [1.29, 1.82) is 0 Å². The van der Waals surface area contributed by atoms with Crippen LogP contribution >= 0.6 is 0 Å². The van der Waals surface area contributed by atoms with Gasteiger partial charge in [-0.1, -0.05) is 18.2 Å². The number of aromatic nitrogens is 2. The van der Waals surface area contributed by atoms with Crippen LogP contribution in [0.4, 0.5) is 0 Å². The van der Waals surface area contributed by atoms with Crippen LogP contribution in [0.2, 0.25) is 0 Å². The van der Waals surface area contributed by atoms with E-state index in [0.717, 1.165) is 23.4 Å². The third kappa shape index (κ3) is 2.25. The Morgan fingerprint density at radius 3 is 2.84 bits per heavy atom. The SMILES string of the molecule is Cc1cc(Cn2cccc2CN)c2ccccc2n1. The number of rotatable bonds is 3. The lowest BCUT2D eigenvalue weighted by atomic mass is 10.1. The summed E-state index contributed by atoms with van der Waals surface area (Å²) >= 11 is 0. The molecule has 3 heteroatoms. The number of aryl methyl sites for hydroxylation is 1. The minimum atomic E-state index is 0.564. The molecule has 0 amide bonds. The summed E-state index contributed by atoms with van der Waals surface area (Å²) in [6, 6.07) is 14.5. The molecule has 19 heavy (non-hydrogen) atoms. The lowest BCUT2D eigenvalue weighted by Crippen LogP contribution is -2.08. The van der Waals surface area contributed by atoms with E-state index in [4.69, 9.17) is 5.73 Å². The molecule has 0 aliphatic carbocycles. The summed E-state index contributed by atoms with van der Waals surface area (Å²) in [5.74, 6) is 0. The lowest BCUT2D eigenvalue weighted by molar-refractivity contribution is 0.746. The molecule has 1 aromatic carbocycles. The van der Waals surface area contributed by atoms with Crippen LogP contribution in [-0.4, -0.2) is 9.55 Å². The summed E-state index contributed by atoms with van der Waals surface area (Å²) in [7, 11) is 0. The van der Waals surface area contributed by atoms with E-state index in [2.05, 4.69) is 46.1 Å². The van der Waals surface area contributed by atoms with Crippen LogP contribution in [-0.2, 0) is 13.1 Å². The molecule has 0 fully saturated rings. The van der Waals surface area contributed by atoms with E-state index in [1.165, 1.54) is 10.9 Å².